The maximum absolute atomic E-state index is 5.37. The molecule has 0 unspecified atom stereocenters. The van der Waals surface area contributed by atoms with E-state index in [1.807, 2.05) is 24.5 Å². The summed E-state index contributed by atoms with van der Waals surface area (Å²) < 4.78 is 7.43. The summed E-state index contributed by atoms with van der Waals surface area (Å²) in [7, 11) is 1.69. The summed E-state index contributed by atoms with van der Waals surface area (Å²) >= 11 is 0. The van der Waals surface area contributed by atoms with E-state index in [1.54, 1.807) is 19.4 Å². The number of imidazole rings is 1. The third kappa shape index (κ3) is 3.15. The van der Waals surface area contributed by atoms with Crippen LogP contribution in [0.2, 0.25) is 0 Å². The van der Waals surface area contributed by atoms with Gasteiger partial charge in [-0.3, -0.25) is 0 Å². The number of fused-ring (bicyclic) bond motifs is 1. The number of aromatic amines is 1. The molecule has 128 valence electrons. The van der Waals surface area contributed by atoms with Gasteiger partial charge in [0.1, 0.15) is 11.6 Å². The summed E-state index contributed by atoms with van der Waals surface area (Å²) in [5, 5.41) is 1.15. The van der Waals surface area contributed by atoms with Crippen LogP contribution in [0.25, 0.3) is 28.2 Å². The Morgan fingerprint density at radius 1 is 1.28 bits per heavy atom. The molecule has 0 bridgehead atoms. The van der Waals surface area contributed by atoms with Crippen LogP contribution in [-0.4, -0.2) is 21.6 Å². The van der Waals surface area contributed by atoms with Crippen molar-refractivity contribution in [2.45, 2.75) is 20.8 Å². The molecule has 4 heteroatoms. The first-order valence-electron chi connectivity index (χ1n) is 8.22. The maximum atomic E-state index is 5.37. The number of hydrogen-bond donors (Lipinski definition) is 1. The summed E-state index contributed by atoms with van der Waals surface area (Å²) in [6, 6.07) is 6.07. The molecule has 0 fully saturated rings. The Hall–Kier alpha value is -3.01. The van der Waals surface area contributed by atoms with Crippen LogP contribution < -0.4 is 4.74 Å². The van der Waals surface area contributed by atoms with E-state index < -0.39 is 0 Å². The first-order chi connectivity index (χ1) is 12.0. The molecule has 0 aliphatic rings. The van der Waals surface area contributed by atoms with Crippen molar-refractivity contribution in [3.63, 3.8) is 0 Å². The van der Waals surface area contributed by atoms with Crippen LogP contribution in [0.15, 0.2) is 55.0 Å². The van der Waals surface area contributed by atoms with Crippen molar-refractivity contribution in [3.05, 3.63) is 66.4 Å². The average molecular weight is 333 g/mol. The molecule has 0 saturated heterocycles. The molecule has 0 spiro atoms. The van der Waals surface area contributed by atoms with Crippen molar-refractivity contribution in [1.82, 2.24) is 14.5 Å². The fraction of sp³-hybridized carbons (Fsp3) is 0.190. The number of nitrogens with one attached hydrogen (secondary N) is 1. The summed E-state index contributed by atoms with van der Waals surface area (Å²) in [5.41, 5.74) is 5.73. The highest BCUT2D eigenvalue weighted by molar-refractivity contribution is 5.94. The normalized spacial score (nSPS) is 11.6. The van der Waals surface area contributed by atoms with Gasteiger partial charge in [-0.15, -0.1) is 0 Å². The van der Waals surface area contributed by atoms with Gasteiger partial charge in [0.2, 0.25) is 0 Å². The van der Waals surface area contributed by atoms with Crippen LogP contribution >= 0.6 is 0 Å². The van der Waals surface area contributed by atoms with Gasteiger partial charge >= 0.3 is 0 Å². The minimum absolute atomic E-state index is 0.834. The largest absolute Gasteiger partial charge is 0.497 e. The second-order valence-corrected chi connectivity index (χ2v) is 6.19. The maximum Gasteiger partial charge on any atom is 0.136 e. The third-order valence-corrected chi connectivity index (χ3v) is 4.29. The van der Waals surface area contributed by atoms with Gasteiger partial charge in [-0.25, -0.2) is 4.98 Å². The molecule has 3 rings (SSSR count). The molecular weight excluding hydrogens is 310 g/mol. The number of H-pyrrole nitrogens is 1. The van der Waals surface area contributed by atoms with E-state index in [9.17, 15) is 0 Å². The molecule has 4 nitrogen and oxygen atoms in total. The van der Waals surface area contributed by atoms with E-state index in [2.05, 4.69) is 54.0 Å². The molecule has 0 atom stereocenters. The number of benzene rings is 1. The molecule has 2 aromatic heterocycles. The smallest absolute Gasteiger partial charge is 0.136 e. The number of methoxy groups -OCH3 is 1. The van der Waals surface area contributed by atoms with Crippen LogP contribution in [0, 0.1) is 0 Å². The van der Waals surface area contributed by atoms with Crippen molar-refractivity contribution in [2.24, 2.45) is 0 Å². The van der Waals surface area contributed by atoms with Crippen LogP contribution in [0.3, 0.4) is 0 Å². The molecule has 0 saturated carbocycles. The fourth-order valence-electron chi connectivity index (χ4n) is 2.96. The van der Waals surface area contributed by atoms with E-state index in [-0.39, 0.29) is 0 Å². The van der Waals surface area contributed by atoms with Gasteiger partial charge in [0.05, 0.1) is 7.11 Å². The first kappa shape index (κ1) is 16.8. The molecule has 0 aliphatic carbocycles. The molecule has 0 aliphatic heterocycles. The zero-order chi connectivity index (χ0) is 18.0. The minimum atomic E-state index is 0.834. The highest BCUT2D eigenvalue weighted by atomic mass is 16.5. The molecule has 0 amide bonds. The van der Waals surface area contributed by atoms with E-state index in [0.29, 0.717) is 0 Å². The lowest BCUT2D eigenvalue weighted by atomic mass is 10.0. The Morgan fingerprint density at radius 3 is 2.76 bits per heavy atom. The fourth-order valence-corrected chi connectivity index (χ4v) is 2.96. The highest BCUT2D eigenvalue weighted by Crippen LogP contribution is 2.30. The Balaban J connectivity index is 2.11. The molecule has 1 aromatic carbocycles. The van der Waals surface area contributed by atoms with Crippen LogP contribution in [0.1, 0.15) is 32.2 Å². The Labute approximate surface area is 148 Å². The van der Waals surface area contributed by atoms with Crippen LogP contribution in [0.4, 0.5) is 0 Å². The second-order valence-electron chi connectivity index (χ2n) is 6.19. The van der Waals surface area contributed by atoms with Crippen LogP contribution in [-0.2, 0) is 0 Å². The number of allylic oxidation sites excluding steroid dienone is 4. The molecule has 1 N–H and O–H groups in total. The number of rotatable bonds is 5. The van der Waals surface area contributed by atoms with Crippen LogP contribution in [0.5, 0.6) is 5.75 Å². The van der Waals surface area contributed by atoms with Gasteiger partial charge in [-0.1, -0.05) is 12.2 Å². The third-order valence-electron chi connectivity index (χ3n) is 4.29. The number of hydrogen-bond acceptors (Lipinski definition) is 2. The van der Waals surface area contributed by atoms with Gasteiger partial charge in [0.25, 0.3) is 0 Å². The molecular formula is C21H23N3O. The SMILES string of the molecule is C=Cc1nccn1C(C=C(C)c1c[nH]c2ccc(OC)cc12)=C(C)C. The lowest BCUT2D eigenvalue weighted by Gasteiger charge is -2.11. The number of nitrogens with zero attached hydrogens (tertiary/aromatic N) is 2. The van der Waals surface area contributed by atoms with E-state index in [1.165, 1.54) is 11.1 Å². The summed E-state index contributed by atoms with van der Waals surface area (Å²) in [6.45, 7) is 10.2. The summed E-state index contributed by atoms with van der Waals surface area (Å²) in [6.07, 6.45) is 9.75. The Kier molecular flexibility index (Phi) is 4.61. The highest BCUT2D eigenvalue weighted by Gasteiger charge is 2.10. The van der Waals surface area contributed by atoms with Gasteiger partial charge < -0.3 is 14.3 Å². The van der Waals surface area contributed by atoms with Crippen molar-refractivity contribution in [2.75, 3.05) is 7.11 Å². The van der Waals surface area contributed by atoms with Crippen molar-refractivity contribution in [3.8, 4) is 5.75 Å². The standard InChI is InChI=1S/C21H23N3O/c1-6-21-22-9-10-24(21)20(14(2)3)11-15(4)18-13-23-19-8-7-16(25-5)12-17(18)19/h6-13,23H,1H2,2-5H3. The minimum Gasteiger partial charge on any atom is -0.497 e. The lowest BCUT2D eigenvalue weighted by Crippen LogP contribution is -1.99. The van der Waals surface area contributed by atoms with Gasteiger partial charge in [0, 0.05) is 40.8 Å². The zero-order valence-electron chi connectivity index (χ0n) is 15.1. The Bertz CT molecular complexity index is 982. The van der Waals surface area contributed by atoms with Crippen molar-refractivity contribution in [1.29, 1.82) is 0 Å². The predicted octanol–water partition coefficient (Wildman–Crippen LogP) is 5.37. The quantitative estimate of drug-likeness (QED) is 0.638. The number of aromatic nitrogens is 3. The monoisotopic (exact) mass is 333 g/mol. The molecule has 25 heavy (non-hydrogen) atoms. The zero-order valence-corrected chi connectivity index (χ0v) is 15.1. The van der Waals surface area contributed by atoms with E-state index in [4.69, 9.17) is 4.74 Å². The van der Waals surface area contributed by atoms with E-state index >= 15 is 0 Å². The first-order valence-corrected chi connectivity index (χ1v) is 8.22. The topological polar surface area (TPSA) is 42.8 Å². The van der Waals surface area contributed by atoms with Gasteiger partial charge in [0.15, 0.2) is 0 Å². The van der Waals surface area contributed by atoms with Crippen molar-refractivity contribution < 1.29 is 4.74 Å². The molecule has 3 aromatic rings. The summed E-state index contributed by atoms with van der Waals surface area (Å²) in [4.78, 5) is 7.67. The average Bonchev–Trinajstić information content (AvgIpc) is 3.24. The molecule has 0 radical (unpaired) electrons. The Morgan fingerprint density at radius 2 is 2.08 bits per heavy atom. The van der Waals surface area contributed by atoms with Crippen molar-refractivity contribution >= 4 is 28.2 Å². The lowest BCUT2D eigenvalue weighted by molar-refractivity contribution is 0.415. The number of ether oxygens (including phenoxy) is 1. The van der Waals surface area contributed by atoms with Gasteiger partial charge in [-0.05, 0) is 56.7 Å². The summed E-state index contributed by atoms with van der Waals surface area (Å²) in [5.74, 6) is 1.69. The predicted molar refractivity (Wildman–Crippen MR) is 105 cm³/mol. The van der Waals surface area contributed by atoms with E-state index in [0.717, 1.165) is 33.7 Å². The van der Waals surface area contributed by atoms with Gasteiger partial charge in [-0.2, -0.15) is 0 Å². The second kappa shape index (κ2) is 6.85. The molecule has 2 heterocycles.